The number of aromatic nitrogens is 3. The summed E-state index contributed by atoms with van der Waals surface area (Å²) in [5, 5.41) is 12.6. The van der Waals surface area contributed by atoms with E-state index in [1.165, 1.54) is 16.7 Å². The van der Waals surface area contributed by atoms with E-state index in [2.05, 4.69) is 59.1 Å². The third-order valence-electron chi connectivity index (χ3n) is 8.14. The molecule has 42 heavy (non-hydrogen) atoms. The van der Waals surface area contributed by atoms with Crippen molar-refractivity contribution >= 4 is 35.0 Å². The number of likely N-dealkylation sites (tertiary alicyclic amines) is 1. The zero-order chi connectivity index (χ0) is 29.6. The van der Waals surface area contributed by atoms with Crippen LogP contribution in [-0.2, 0) is 6.54 Å². The molecular formula is C34H35ClN6O. The number of carbonyl (C=O) groups excluding carboxylic acids is 1. The predicted octanol–water partition coefficient (Wildman–Crippen LogP) is 7.77. The maximum absolute atomic E-state index is 12.9. The Morgan fingerprint density at radius 2 is 1.83 bits per heavy atom. The molecule has 1 atom stereocenters. The molecule has 6 rings (SSSR count). The lowest BCUT2D eigenvalue weighted by molar-refractivity contribution is 0.177. The number of halogens is 1. The number of amides is 2. The van der Waals surface area contributed by atoms with Gasteiger partial charge in [0.25, 0.3) is 0 Å². The molecule has 2 amide bonds. The van der Waals surface area contributed by atoms with Crippen molar-refractivity contribution < 1.29 is 4.79 Å². The van der Waals surface area contributed by atoms with E-state index in [4.69, 9.17) is 21.8 Å². The number of aryl methyl sites for hydroxylation is 2. The molecule has 214 valence electrons. The molecule has 2 aromatic carbocycles. The smallest absolute Gasteiger partial charge is 0.321 e. The number of anilines is 1. The Bertz CT molecular complexity index is 1630. The lowest BCUT2D eigenvalue weighted by Gasteiger charge is -2.36. The molecule has 2 aromatic heterocycles. The molecule has 1 N–H and O–H groups in total. The number of hydrogen-bond donors (Lipinski definition) is 1. The summed E-state index contributed by atoms with van der Waals surface area (Å²) in [6, 6.07) is 19.2. The Kier molecular flexibility index (Phi) is 9.04. The van der Waals surface area contributed by atoms with Gasteiger partial charge in [-0.2, -0.15) is 5.26 Å². The minimum Gasteiger partial charge on any atom is -0.335 e. The Labute approximate surface area is 252 Å². The summed E-state index contributed by atoms with van der Waals surface area (Å²) in [4.78, 5) is 23.6. The van der Waals surface area contributed by atoms with Gasteiger partial charge < -0.3 is 14.8 Å². The van der Waals surface area contributed by atoms with Crippen LogP contribution in [0.25, 0.3) is 11.6 Å². The number of rotatable bonds is 3. The highest BCUT2D eigenvalue weighted by atomic mass is 35.5. The number of hydrogen-bond acceptors (Lipinski definition) is 4. The van der Waals surface area contributed by atoms with Gasteiger partial charge in [0.1, 0.15) is 5.82 Å². The van der Waals surface area contributed by atoms with Gasteiger partial charge in [-0.25, -0.2) is 9.78 Å². The van der Waals surface area contributed by atoms with E-state index in [9.17, 15) is 4.79 Å². The highest BCUT2D eigenvalue weighted by Gasteiger charge is 2.34. The predicted molar refractivity (Wildman–Crippen MR) is 168 cm³/mol. The number of imidazole rings is 1. The van der Waals surface area contributed by atoms with E-state index >= 15 is 0 Å². The first kappa shape index (κ1) is 29.1. The lowest BCUT2D eigenvalue weighted by Crippen LogP contribution is -2.42. The zero-order valence-corrected chi connectivity index (χ0v) is 25.0. The van der Waals surface area contributed by atoms with Crippen molar-refractivity contribution in [1.82, 2.24) is 19.4 Å². The SMILES string of the molecule is CC1=Cc2cccnc2C(C2CCN(C(=O)Nc3ccc(C#N)cc3)CC2)c2ccc(Cl)cc21.CCn1ccnc1C. The summed E-state index contributed by atoms with van der Waals surface area (Å²) in [5.41, 5.74) is 7.14. The molecule has 8 heteroatoms. The van der Waals surface area contributed by atoms with Gasteiger partial charge in [0.05, 0.1) is 17.3 Å². The first-order valence-corrected chi connectivity index (χ1v) is 14.7. The molecule has 1 saturated heterocycles. The van der Waals surface area contributed by atoms with Crippen LogP contribution < -0.4 is 5.32 Å². The van der Waals surface area contributed by atoms with Crippen LogP contribution in [0.3, 0.4) is 0 Å². The molecule has 1 aliphatic heterocycles. The third-order valence-corrected chi connectivity index (χ3v) is 8.38. The van der Waals surface area contributed by atoms with Gasteiger partial charge in [-0.3, -0.25) is 4.98 Å². The minimum atomic E-state index is -0.104. The third kappa shape index (κ3) is 6.40. The van der Waals surface area contributed by atoms with Crippen molar-refractivity contribution in [3.63, 3.8) is 0 Å². The highest BCUT2D eigenvalue weighted by Crippen LogP contribution is 2.44. The zero-order valence-electron chi connectivity index (χ0n) is 24.2. The monoisotopic (exact) mass is 578 g/mol. The van der Waals surface area contributed by atoms with Gasteiger partial charge in [-0.1, -0.05) is 23.7 Å². The molecular weight excluding hydrogens is 544 g/mol. The Balaban J connectivity index is 0.000000382. The van der Waals surface area contributed by atoms with Gasteiger partial charge in [-0.05, 0) is 110 Å². The fourth-order valence-corrected chi connectivity index (χ4v) is 6.07. The number of piperidine rings is 1. The molecule has 0 saturated carbocycles. The van der Waals surface area contributed by atoms with Crippen LogP contribution in [0.15, 0.2) is 73.2 Å². The van der Waals surface area contributed by atoms with Crippen molar-refractivity contribution in [2.45, 2.75) is 46.1 Å². The molecule has 1 fully saturated rings. The number of nitriles is 1. The van der Waals surface area contributed by atoms with Crippen molar-refractivity contribution in [3.8, 4) is 6.07 Å². The van der Waals surface area contributed by atoms with Crippen LogP contribution >= 0.6 is 11.6 Å². The second-order valence-corrected chi connectivity index (χ2v) is 11.2. The largest absolute Gasteiger partial charge is 0.335 e. The standard InChI is InChI=1S/C28H25ClN4O.C6H10N2/c1-18-15-21-3-2-12-31-27(21)26(24-9-6-22(29)16-25(18)24)20-10-13-33(14-11-20)28(34)32-23-7-4-19(17-30)5-8-23;1-3-8-5-4-7-6(8)2/h2-9,12,15-16,20,26H,10-11,13-14H2,1H3,(H,32,34);4-5H,3H2,1-2H3. The van der Waals surface area contributed by atoms with Gasteiger partial charge in [-0.15, -0.1) is 0 Å². The lowest BCUT2D eigenvalue weighted by atomic mass is 9.76. The summed E-state index contributed by atoms with van der Waals surface area (Å²) in [6.45, 7) is 8.62. The van der Waals surface area contributed by atoms with Crippen LogP contribution in [0, 0.1) is 24.2 Å². The van der Waals surface area contributed by atoms with Gasteiger partial charge in [0.15, 0.2) is 0 Å². The summed E-state index contributed by atoms with van der Waals surface area (Å²) in [7, 11) is 0. The molecule has 0 bridgehead atoms. The number of carbonyl (C=O) groups is 1. The molecule has 0 radical (unpaired) electrons. The fraction of sp³-hybridized carbons (Fsp3) is 0.294. The first-order valence-electron chi connectivity index (χ1n) is 14.3. The number of benzene rings is 2. The van der Waals surface area contributed by atoms with Crippen molar-refractivity contribution in [2.75, 3.05) is 18.4 Å². The number of allylic oxidation sites excluding steroid dienone is 1. The summed E-state index contributed by atoms with van der Waals surface area (Å²) >= 11 is 6.37. The average Bonchev–Trinajstić information content (AvgIpc) is 3.39. The van der Waals surface area contributed by atoms with E-state index in [1.54, 1.807) is 24.3 Å². The van der Waals surface area contributed by atoms with Crippen LogP contribution in [0.4, 0.5) is 10.5 Å². The van der Waals surface area contributed by atoms with Crippen molar-refractivity contribution in [2.24, 2.45) is 5.92 Å². The minimum absolute atomic E-state index is 0.104. The molecule has 1 aliphatic carbocycles. The van der Waals surface area contributed by atoms with Crippen molar-refractivity contribution in [3.05, 3.63) is 112 Å². The van der Waals surface area contributed by atoms with Crippen LogP contribution in [0.2, 0.25) is 5.02 Å². The normalized spacial score (nSPS) is 16.1. The molecule has 4 aromatic rings. The molecule has 0 spiro atoms. The van der Waals surface area contributed by atoms with Gasteiger partial charge >= 0.3 is 6.03 Å². The number of pyridine rings is 1. The quantitative estimate of drug-likeness (QED) is 0.269. The molecule has 3 heterocycles. The number of nitrogens with zero attached hydrogens (tertiary/aromatic N) is 5. The van der Waals surface area contributed by atoms with E-state index in [0.29, 0.717) is 30.3 Å². The Hall–Kier alpha value is -4.41. The first-order chi connectivity index (χ1) is 20.4. The number of urea groups is 1. The van der Waals surface area contributed by atoms with Crippen LogP contribution in [0.1, 0.15) is 66.4 Å². The van der Waals surface area contributed by atoms with Crippen LogP contribution in [0.5, 0.6) is 0 Å². The van der Waals surface area contributed by atoms with Gasteiger partial charge in [0.2, 0.25) is 0 Å². The maximum atomic E-state index is 12.9. The maximum Gasteiger partial charge on any atom is 0.321 e. The molecule has 1 unspecified atom stereocenters. The fourth-order valence-electron chi connectivity index (χ4n) is 5.89. The summed E-state index contributed by atoms with van der Waals surface area (Å²) in [6.07, 6.45) is 9.66. The Morgan fingerprint density at radius 3 is 2.48 bits per heavy atom. The topological polar surface area (TPSA) is 86.8 Å². The number of nitrogens with one attached hydrogen (secondary N) is 1. The van der Waals surface area contributed by atoms with E-state index in [1.807, 2.05) is 42.5 Å². The number of fused-ring (bicyclic) bond motifs is 2. The summed E-state index contributed by atoms with van der Waals surface area (Å²) < 4.78 is 2.10. The van der Waals surface area contributed by atoms with Crippen LogP contribution in [-0.4, -0.2) is 38.6 Å². The molecule has 2 aliphatic rings. The van der Waals surface area contributed by atoms with E-state index in [-0.39, 0.29) is 11.9 Å². The second-order valence-electron chi connectivity index (χ2n) is 10.7. The van der Waals surface area contributed by atoms with E-state index < -0.39 is 0 Å². The van der Waals surface area contributed by atoms with E-state index in [0.717, 1.165) is 41.5 Å². The Morgan fingerprint density at radius 1 is 1.07 bits per heavy atom. The highest BCUT2D eigenvalue weighted by molar-refractivity contribution is 6.30. The second kappa shape index (κ2) is 13.1. The van der Waals surface area contributed by atoms with Crippen molar-refractivity contribution in [1.29, 1.82) is 5.26 Å². The molecule has 7 nitrogen and oxygen atoms in total. The summed E-state index contributed by atoms with van der Waals surface area (Å²) in [5.74, 6) is 1.61. The average molecular weight is 579 g/mol. The van der Waals surface area contributed by atoms with Gasteiger partial charge in [0, 0.05) is 54.9 Å².